The first kappa shape index (κ1) is 15.4. The molecule has 1 aromatic rings. The van der Waals surface area contributed by atoms with Crippen LogP contribution in [-0.4, -0.2) is 33.4 Å². The zero-order valence-corrected chi connectivity index (χ0v) is 12.6. The number of non-ortho nitro benzene ring substituents is 1. The van der Waals surface area contributed by atoms with Crippen molar-refractivity contribution in [3.63, 3.8) is 0 Å². The summed E-state index contributed by atoms with van der Waals surface area (Å²) in [6, 6.07) is 4.31. The summed E-state index contributed by atoms with van der Waals surface area (Å²) >= 11 is 3.25. The normalized spacial score (nSPS) is 18.6. The quantitative estimate of drug-likeness (QED) is 0.658. The van der Waals surface area contributed by atoms with E-state index in [0.717, 1.165) is 0 Å². The fraction of sp³-hybridized carbons (Fsp3) is 0.385. The first-order valence-corrected chi connectivity index (χ1v) is 7.11. The Morgan fingerprint density at radius 2 is 2.24 bits per heavy atom. The van der Waals surface area contributed by atoms with E-state index in [9.17, 15) is 19.7 Å². The molecule has 0 bridgehead atoms. The van der Waals surface area contributed by atoms with Crippen molar-refractivity contribution in [1.82, 2.24) is 4.90 Å². The van der Waals surface area contributed by atoms with E-state index in [1.54, 1.807) is 6.07 Å². The molecule has 1 aromatic carbocycles. The molecular weight excluding hydrogens is 344 g/mol. The SMILES string of the molecule is O=C(O)C1CCC(=O)N(Cc2ccc([N+](=O)[O-])cc2Br)C1. The van der Waals surface area contributed by atoms with Gasteiger partial charge in [0.2, 0.25) is 5.91 Å². The predicted octanol–water partition coefficient (Wildman–Crippen LogP) is 2.18. The van der Waals surface area contributed by atoms with Crippen LogP contribution in [0.3, 0.4) is 0 Å². The van der Waals surface area contributed by atoms with Gasteiger partial charge in [0.15, 0.2) is 0 Å². The van der Waals surface area contributed by atoms with Gasteiger partial charge >= 0.3 is 5.97 Å². The van der Waals surface area contributed by atoms with Crippen molar-refractivity contribution in [2.75, 3.05) is 6.54 Å². The molecule has 1 saturated heterocycles. The predicted molar refractivity (Wildman–Crippen MR) is 76.6 cm³/mol. The molecule has 2 rings (SSSR count). The Morgan fingerprint density at radius 3 is 2.81 bits per heavy atom. The van der Waals surface area contributed by atoms with Gasteiger partial charge in [-0.25, -0.2) is 0 Å². The highest BCUT2D eigenvalue weighted by atomic mass is 79.9. The van der Waals surface area contributed by atoms with Crippen LogP contribution in [0.2, 0.25) is 0 Å². The molecule has 1 aliphatic rings. The number of nitro groups is 1. The van der Waals surface area contributed by atoms with Gasteiger partial charge in [-0.3, -0.25) is 19.7 Å². The van der Waals surface area contributed by atoms with E-state index in [4.69, 9.17) is 5.11 Å². The highest BCUT2D eigenvalue weighted by molar-refractivity contribution is 9.10. The number of carboxylic acids is 1. The fourth-order valence-corrected chi connectivity index (χ4v) is 2.74. The van der Waals surface area contributed by atoms with E-state index < -0.39 is 16.8 Å². The molecule has 0 aliphatic carbocycles. The van der Waals surface area contributed by atoms with Crippen LogP contribution in [0.5, 0.6) is 0 Å². The zero-order valence-electron chi connectivity index (χ0n) is 11.0. The summed E-state index contributed by atoms with van der Waals surface area (Å²) in [5, 5.41) is 19.7. The van der Waals surface area contributed by atoms with Gasteiger partial charge in [-0.05, 0) is 18.1 Å². The standard InChI is InChI=1S/C13H13BrN2O5/c14-11-5-10(16(20)21)3-1-8(11)6-15-7-9(13(18)19)2-4-12(15)17/h1,3,5,9H,2,4,6-7H2,(H,18,19). The Labute approximate surface area is 128 Å². The Balaban J connectivity index is 2.14. The zero-order chi connectivity index (χ0) is 15.6. The van der Waals surface area contributed by atoms with Crippen LogP contribution in [0.25, 0.3) is 0 Å². The molecule has 112 valence electrons. The number of halogens is 1. The summed E-state index contributed by atoms with van der Waals surface area (Å²) in [4.78, 5) is 34.5. The van der Waals surface area contributed by atoms with Gasteiger partial charge in [0.05, 0.1) is 10.8 Å². The van der Waals surface area contributed by atoms with Gasteiger partial charge < -0.3 is 10.0 Å². The van der Waals surface area contributed by atoms with E-state index in [1.165, 1.54) is 17.0 Å². The average Bonchev–Trinajstić information content (AvgIpc) is 2.42. The first-order valence-electron chi connectivity index (χ1n) is 6.32. The van der Waals surface area contributed by atoms with E-state index in [2.05, 4.69) is 15.9 Å². The van der Waals surface area contributed by atoms with Crippen LogP contribution in [-0.2, 0) is 16.1 Å². The second-order valence-corrected chi connectivity index (χ2v) is 5.74. The van der Waals surface area contributed by atoms with Crippen LogP contribution in [0.1, 0.15) is 18.4 Å². The first-order chi connectivity index (χ1) is 9.88. The number of piperidine rings is 1. The number of carboxylic acid groups (broad SMARTS) is 1. The molecule has 8 heteroatoms. The molecule has 1 fully saturated rings. The number of likely N-dealkylation sites (tertiary alicyclic amines) is 1. The summed E-state index contributed by atoms with van der Waals surface area (Å²) in [6.07, 6.45) is 0.563. The van der Waals surface area contributed by atoms with Crippen LogP contribution in [0.15, 0.2) is 22.7 Å². The number of benzene rings is 1. The molecule has 21 heavy (non-hydrogen) atoms. The lowest BCUT2D eigenvalue weighted by Gasteiger charge is -2.30. The van der Waals surface area contributed by atoms with Crippen molar-refractivity contribution in [3.05, 3.63) is 38.3 Å². The molecule has 0 radical (unpaired) electrons. The van der Waals surface area contributed by atoms with Crippen LogP contribution >= 0.6 is 15.9 Å². The number of aliphatic carboxylic acids is 1. The fourth-order valence-electron chi connectivity index (χ4n) is 2.25. The lowest BCUT2D eigenvalue weighted by molar-refractivity contribution is -0.384. The Hall–Kier alpha value is -1.96. The molecule has 7 nitrogen and oxygen atoms in total. The van der Waals surface area contributed by atoms with Crippen LogP contribution < -0.4 is 0 Å². The Bertz CT molecular complexity index is 604. The van der Waals surface area contributed by atoms with Crippen molar-refractivity contribution in [2.24, 2.45) is 5.92 Å². The molecule has 1 N–H and O–H groups in total. The lowest BCUT2D eigenvalue weighted by Crippen LogP contribution is -2.42. The van der Waals surface area contributed by atoms with Gasteiger partial charge in [-0.1, -0.05) is 15.9 Å². The molecule has 0 saturated carbocycles. The molecule has 1 unspecified atom stereocenters. The minimum Gasteiger partial charge on any atom is -0.481 e. The maximum absolute atomic E-state index is 11.9. The largest absolute Gasteiger partial charge is 0.481 e. The summed E-state index contributed by atoms with van der Waals surface area (Å²) < 4.78 is 0.530. The van der Waals surface area contributed by atoms with E-state index >= 15 is 0 Å². The number of carbonyl (C=O) groups excluding carboxylic acids is 1. The average molecular weight is 357 g/mol. The Morgan fingerprint density at radius 1 is 1.52 bits per heavy atom. The third-order valence-electron chi connectivity index (χ3n) is 3.46. The number of rotatable bonds is 4. The van der Waals surface area contributed by atoms with Crippen molar-refractivity contribution in [3.8, 4) is 0 Å². The minimum atomic E-state index is -0.907. The Kier molecular flexibility index (Phi) is 4.56. The highest BCUT2D eigenvalue weighted by Crippen LogP contribution is 2.26. The van der Waals surface area contributed by atoms with Crippen molar-refractivity contribution in [2.45, 2.75) is 19.4 Å². The summed E-state index contributed by atoms with van der Waals surface area (Å²) in [6.45, 7) is 0.402. The molecule has 1 aliphatic heterocycles. The second kappa shape index (κ2) is 6.21. The summed E-state index contributed by atoms with van der Waals surface area (Å²) in [5.41, 5.74) is 0.666. The molecule has 0 spiro atoms. The molecule has 1 heterocycles. The topological polar surface area (TPSA) is 101 Å². The van der Waals surface area contributed by atoms with Gasteiger partial charge in [-0.15, -0.1) is 0 Å². The molecular formula is C13H13BrN2O5. The van der Waals surface area contributed by atoms with Crippen LogP contribution in [0.4, 0.5) is 5.69 Å². The van der Waals surface area contributed by atoms with Gasteiger partial charge in [0.1, 0.15) is 0 Å². The van der Waals surface area contributed by atoms with E-state index in [-0.39, 0.29) is 31.1 Å². The number of hydrogen-bond acceptors (Lipinski definition) is 4. The number of hydrogen-bond donors (Lipinski definition) is 1. The van der Waals surface area contributed by atoms with Crippen LogP contribution in [0, 0.1) is 16.0 Å². The number of nitrogens with zero attached hydrogens (tertiary/aromatic N) is 2. The lowest BCUT2D eigenvalue weighted by atomic mass is 9.97. The van der Waals surface area contributed by atoms with Gasteiger partial charge in [-0.2, -0.15) is 0 Å². The minimum absolute atomic E-state index is 0.0426. The maximum atomic E-state index is 11.9. The van der Waals surface area contributed by atoms with Gasteiger partial charge in [0, 0.05) is 36.1 Å². The van der Waals surface area contributed by atoms with Crippen molar-refractivity contribution < 1.29 is 19.6 Å². The third-order valence-corrected chi connectivity index (χ3v) is 4.20. The van der Waals surface area contributed by atoms with Crippen molar-refractivity contribution in [1.29, 1.82) is 0 Å². The second-order valence-electron chi connectivity index (χ2n) is 4.88. The van der Waals surface area contributed by atoms with Crippen molar-refractivity contribution >= 4 is 33.5 Å². The molecule has 0 aromatic heterocycles. The number of carbonyl (C=O) groups is 2. The smallest absolute Gasteiger partial charge is 0.308 e. The maximum Gasteiger partial charge on any atom is 0.308 e. The molecule has 1 atom stereocenters. The highest BCUT2D eigenvalue weighted by Gasteiger charge is 2.30. The third kappa shape index (κ3) is 3.57. The number of nitro benzene ring substituents is 1. The number of amides is 1. The monoisotopic (exact) mass is 356 g/mol. The molecule has 1 amide bonds. The van der Waals surface area contributed by atoms with E-state index in [0.29, 0.717) is 16.5 Å². The van der Waals surface area contributed by atoms with Gasteiger partial charge in [0.25, 0.3) is 5.69 Å². The summed E-state index contributed by atoms with van der Waals surface area (Å²) in [5.74, 6) is -1.56. The summed E-state index contributed by atoms with van der Waals surface area (Å²) in [7, 11) is 0. The van der Waals surface area contributed by atoms with E-state index in [1.807, 2.05) is 0 Å².